The Morgan fingerprint density at radius 2 is 2.19 bits per heavy atom. The number of rotatable bonds is 4. The molecule has 1 aromatic heterocycles. The van der Waals surface area contributed by atoms with Crippen molar-refractivity contribution in [2.45, 2.75) is 18.7 Å². The standard InChI is InChI=1S/C10H13NO4S/c1-7(16(2)15)5-11-6-8(10(13)14)3-4-9(11)12/h3-4,6-7H,5H2,1-2H3,(H,13,14). The number of pyridine rings is 1. The Hall–Kier alpha value is -1.43. The number of carboxylic acids is 1. The maximum absolute atomic E-state index is 11.4. The third-order valence-corrected chi connectivity index (χ3v) is 3.53. The molecule has 0 aromatic carbocycles. The summed E-state index contributed by atoms with van der Waals surface area (Å²) in [4.78, 5) is 22.1. The molecule has 6 heteroatoms. The van der Waals surface area contributed by atoms with E-state index in [1.807, 2.05) is 0 Å². The van der Waals surface area contributed by atoms with Gasteiger partial charge in [-0.25, -0.2) is 4.79 Å². The second kappa shape index (κ2) is 5.07. The van der Waals surface area contributed by atoms with Crippen molar-refractivity contribution in [3.63, 3.8) is 0 Å². The average Bonchev–Trinajstić information content (AvgIpc) is 2.20. The van der Waals surface area contributed by atoms with Gasteiger partial charge in [-0.15, -0.1) is 0 Å². The third kappa shape index (κ3) is 3.03. The Kier molecular flexibility index (Phi) is 4.00. The van der Waals surface area contributed by atoms with Crippen LogP contribution in [0.2, 0.25) is 0 Å². The highest BCUT2D eigenvalue weighted by Gasteiger charge is 2.10. The lowest BCUT2D eigenvalue weighted by molar-refractivity contribution is 0.0696. The minimum absolute atomic E-state index is 0.0497. The van der Waals surface area contributed by atoms with Crippen molar-refractivity contribution in [2.24, 2.45) is 0 Å². The van der Waals surface area contributed by atoms with Crippen molar-refractivity contribution in [2.75, 3.05) is 6.26 Å². The Labute approximate surface area is 95.2 Å². The second-order valence-electron chi connectivity index (χ2n) is 3.52. The maximum Gasteiger partial charge on any atom is 0.337 e. The van der Waals surface area contributed by atoms with Gasteiger partial charge in [0, 0.05) is 41.1 Å². The molecule has 0 spiro atoms. The predicted octanol–water partition coefficient (Wildman–Crippen LogP) is 0.314. The van der Waals surface area contributed by atoms with Crippen LogP contribution in [0.1, 0.15) is 17.3 Å². The van der Waals surface area contributed by atoms with Gasteiger partial charge < -0.3 is 9.67 Å². The van der Waals surface area contributed by atoms with E-state index in [9.17, 15) is 13.8 Å². The van der Waals surface area contributed by atoms with Gasteiger partial charge in [0.05, 0.1) is 5.56 Å². The van der Waals surface area contributed by atoms with Gasteiger partial charge in [-0.3, -0.25) is 9.00 Å². The van der Waals surface area contributed by atoms with Gasteiger partial charge in [-0.05, 0) is 13.0 Å². The van der Waals surface area contributed by atoms with E-state index >= 15 is 0 Å². The number of hydrogen-bond acceptors (Lipinski definition) is 3. The van der Waals surface area contributed by atoms with Gasteiger partial charge in [0.25, 0.3) is 5.56 Å². The number of aromatic carboxylic acids is 1. The molecule has 0 radical (unpaired) electrons. The average molecular weight is 243 g/mol. The summed E-state index contributed by atoms with van der Waals surface area (Å²) in [6, 6.07) is 2.46. The van der Waals surface area contributed by atoms with E-state index in [2.05, 4.69) is 0 Å². The number of carboxylic acid groups (broad SMARTS) is 1. The van der Waals surface area contributed by atoms with Gasteiger partial charge in [-0.1, -0.05) is 0 Å². The first-order valence-corrected chi connectivity index (χ1v) is 6.30. The minimum Gasteiger partial charge on any atom is -0.478 e. The number of nitrogens with zero attached hydrogens (tertiary/aromatic N) is 1. The highest BCUT2D eigenvalue weighted by Crippen LogP contribution is 2.00. The molecule has 1 N–H and O–H groups in total. The lowest BCUT2D eigenvalue weighted by atomic mass is 10.3. The highest BCUT2D eigenvalue weighted by atomic mass is 32.2. The summed E-state index contributed by atoms with van der Waals surface area (Å²) < 4.78 is 12.4. The molecule has 0 bridgehead atoms. The zero-order valence-electron chi connectivity index (χ0n) is 9.04. The molecular weight excluding hydrogens is 230 g/mol. The molecule has 5 nitrogen and oxygen atoms in total. The SMILES string of the molecule is CC(Cn1cc(C(=O)O)ccc1=O)S(C)=O. The molecule has 0 fully saturated rings. The fraction of sp³-hybridized carbons (Fsp3) is 0.400. The van der Waals surface area contributed by atoms with Crippen LogP contribution in [0.4, 0.5) is 0 Å². The highest BCUT2D eigenvalue weighted by molar-refractivity contribution is 7.84. The molecule has 0 amide bonds. The maximum atomic E-state index is 11.4. The fourth-order valence-corrected chi connectivity index (χ4v) is 1.55. The number of aromatic nitrogens is 1. The Morgan fingerprint density at radius 1 is 1.56 bits per heavy atom. The van der Waals surface area contributed by atoms with Gasteiger partial charge in [-0.2, -0.15) is 0 Å². The molecule has 88 valence electrons. The number of carbonyl (C=O) groups is 1. The van der Waals surface area contributed by atoms with Crippen LogP contribution >= 0.6 is 0 Å². The summed E-state index contributed by atoms with van der Waals surface area (Å²) in [7, 11) is -1.04. The largest absolute Gasteiger partial charge is 0.478 e. The molecule has 0 saturated heterocycles. The van der Waals surface area contributed by atoms with Gasteiger partial charge in [0.2, 0.25) is 0 Å². The topological polar surface area (TPSA) is 76.4 Å². The zero-order valence-corrected chi connectivity index (χ0v) is 9.86. The Balaban J connectivity index is 3.03. The van der Waals surface area contributed by atoms with Crippen LogP contribution in [-0.4, -0.2) is 31.4 Å². The molecule has 0 saturated carbocycles. The molecule has 2 atom stereocenters. The molecular formula is C10H13NO4S. The molecule has 1 aromatic rings. The lowest BCUT2D eigenvalue weighted by Crippen LogP contribution is -2.27. The van der Waals surface area contributed by atoms with E-state index < -0.39 is 16.8 Å². The van der Waals surface area contributed by atoms with Gasteiger partial charge in [0.15, 0.2) is 0 Å². The van der Waals surface area contributed by atoms with Crippen LogP contribution < -0.4 is 5.56 Å². The van der Waals surface area contributed by atoms with Crippen molar-refractivity contribution in [3.05, 3.63) is 34.2 Å². The Bertz CT molecular complexity index is 480. The van der Waals surface area contributed by atoms with Gasteiger partial charge >= 0.3 is 5.97 Å². The van der Waals surface area contributed by atoms with E-state index in [0.717, 1.165) is 0 Å². The van der Waals surface area contributed by atoms with Crippen molar-refractivity contribution in [1.82, 2.24) is 4.57 Å². The first-order valence-electron chi connectivity index (χ1n) is 4.68. The van der Waals surface area contributed by atoms with Crippen molar-refractivity contribution in [1.29, 1.82) is 0 Å². The lowest BCUT2D eigenvalue weighted by Gasteiger charge is -2.11. The summed E-state index contributed by atoms with van der Waals surface area (Å²) in [5.74, 6) is -1.08. The van der Waals surface area contributed by atoms with E-state index in [-0.39, 0.29) is 22.9 Å². The normalized spacial score (nSPS) is 14.4. The monoisotopic (exact) mass is 243 g/mol. The van der Waals surface area contributed by atoms with Crippen molar-refractivity contribution in [3.8, 4) is 0 Å². The second-order valence-corrected chi connectivity index (χ2v) is 5.32. The molecule has 1 heterocycles. The summed E-state index contributed by atoms with van der Waals surface area (Å²) >= 11 is 0. The molecule has 0 aliphatic carbocycles. The summed E-state index contributed by atoms with van der Waals surface area (Å²) in [5, 5.41) is 8.58. The minimum atomic E-state index is -1.08. The van der Waals surface area contributed by atoms with Crippen molar-refractivity contribution < 1.29 is 14.1 Å². The molecule has 2 unspecified atom stereocenters. The van der Waals surface area contributed by atoms with E-state index in [0.29, 0.717) is 0 Å². The summed E-state index contributed by atoms with van der Waals surface area (Å²) in [6.45, 7) is 2.00. The summed E-state index contributed by atoms with van der Waals surface area (Å²) in [6.07, 6.45) is 2.82. The van der Waals surface area contributed by atoms with Crippen LogP contribution in [0, 0.1) is 0 Å². The predicted molar refractivity (Wildman–Crippen MR) is 61.2 cm³/mol. The molecule has 0 aliphatic heterocycles. The quantitative estimate of drug-likeness (QED) is 0.826. The first-order chi connectivity index (χ1) is 7.41. The first kappa shape index (κ1) is 12.6. The van der Waals surface area contributed by atoms with Gasteiger partial charge in [0.1, 0.15) is 0 Å². The van der Waals surface area contributed by atoms with Crippen LogP contribution in [0.15, 0.2) is 23.1 Å². The van der Waals surface area contributed by atoms with Crippen LogP contribution in [0.3, 0.4) is 0 Å². The van der Waals surface area contributed by atoms with E-state index in [1.165, 1.54) is 22.9 Å². The molecule has 0 aliphatic rings. The van der Waals surface area contributed by atoms with E-state index in [1.54, 1.807) is 13.2 Å². The molecule has 1 rings (SSSR count). The van der Waals surface area contributed by atoms with Crippen LogP contribution in [-0.2, 0) is 17.3 Å². The van der Waals surface area contributed by atoms with Crippen LogP contribution in [0.25, 0.3) is 0 Å². The van der Waals surface area contributed by atoms with Crippen molar-refractivity contribution >= 4 is 16.8 Å². The number of hydrogen-bond donors (Lipinski definition) is 1. The van der Waals surface area contributed by atoms with E-state index in [4.69, 9.17) is 5.11 Å². The van der Waals surface area contributed by atoms with Crippen LogP contribution in [0.5, 0.6) is 0 Å². The molecule has 16 heavy (non-hydrogen) atoms. The summed E-state index contributed by atoms with van der Waals surface area (Å²) in [5.41, 5.74) is -0.240. The third-order valence-electron chi connectivity index (χ3n) is 2.25. The zero-order chi connectivity index (χ0) is 12.3. The smallest absolute Gasteiger partial charge is 0.337 e. The fourth-order valence-electron chi connectivity index (χ4n) is 1.18. The Morgan fingerprint density at radius 3 is 2.69 bits per heavy atom.